The third-order valence-corrected chi connectivity index (χ3v) is 6.43. The summed E-state index contributed by atoms with van der Waals surface area (Å²) in [5, 5.41) is 10.7. The van der Waals surface area contributed by atoms with Crippen molar-refractivity contribution in [2.75, 3.05) is 19.6 Å². The van der Waals surface area contributed by atoms with Gasteiger partial charge in [-0.05, 0) is 37.8 Å². The van der Waals surface area contributed by atoms with Crippen LogP contribution in [0.15, 0.2) is 12.1 Å². The van der Waals surface area contributed by atoms with Gasteiger partial charge in [0, 0.05) is 23.9 Å². The zero-order chi connectivity index (χ0) is 14.9. The minimum absolute atomic E-state index is 0.237. The van der Waals surface area contributed by atoms with Crippen LogP contribution in [0.2, 0.25) is 0 Å². The highest BCUT2D eigenvalue weighted by atomic mass is 32.1. The molecule has 0 aromatic carbocycles. The Bertz CT molecular complexity index is 513. The molecule has 1 aliphatic carbocycles. The summed E-state index contributed by atoms with van der Waals surface area (Å²) < 4.78 is 0. The van der Waals surface area contributed by atoms with Crippen LogP contribution < -0.4 is 0 Å². The number of hydrogen-bond acceptors (Lipinski definition) is 4. The van der Waals surface area contributed by atoms with Crippen LogP contribution in [0.25, 0.3) is 0 Å². The molecule has 2 fully saturated rings. The molecule has 1 N–H and O–H groups in total. The topological polar surface area (TPSA) is 40.5 Å². The first kappa shape index (κ1) is 15.2. The maximum Gasteiger partial charge on any atom is 0.186 e. The molecular formula is C17H25NO2S. The smallest absolute Gasteiger partial charge is 0.186 e. The van der Waals surface area contributed by atoms with E-state index in [1.54, 1.807) is 11.3 Å². The van der Waals surface area contributed by atoms with E-state index in [0.29, 0.717) is 12.5 Å². The summed E-state index contributed by atoms with van der Waals surface area (Å²) >= 11 is 1.63. The minimum atomic E-state index is -0.448. The van der Waals surface area contributed by atoms with Crippen molar-refractivity contribution in [3.63, 3.8) is 0 Å². The second-order valence-corrected chi connectivity index (χ2v) is 7.74. The second-order valence-electron chi connectivity index (χ2n) is 6.57. The van der Waals surface area contributed by atoms with E-state index in [0.717, 1.165) is 50.1 Å². The highest BCUT2D eigenvalue weighted by molar-refractivity contribution is 7.14. The molecule has 0 bridgehead atoms. The van der Waals surface area contributed by atoms with Gasteiger partial charge in [-0.25, -0.2) is 0 Å². The van der Waals surface area contributed by atoms with E-state index in [4.69, 9.17) is 0 Å². The Morgan fingerprint density at radius 1 is 1.43 bits per heavy atom. The van der Waals surface area contributed by atoms with Crippen LogP contribution in [0.1, 0.15) is 53.6 Å². The molecule has 0 spiro atoms. The van der Waals surface area contributed by atoms with Gasteiger partial charge in [0.2, 0.25) is 0 Å². The van der Waals surface area contributed by atoms with E-state index in [2.05, 4.69) is 17.9 Å². The van der Waals surface area contributed by atoms with Crippen LogP contribution in [0.4, 0.5) is 0 Å². The van der Waals surface area contributed by atoms with Crippen LogP contribution in [-0.2, 0) is 6.42 Å². The number of thiophene rings is 1. The Hall–Kier alpha value is -0.710. The fourth-order valence-corrected chi connectivity index (χ4v) is 4.66. The number of nitrogens with zero attached hydrogens (tertiary/aromatic N) is 1. The predicted octanol–water partition coefficient (Wildman–Crippen LogP) is 3.12. The summed E-state index contributed by atoms with van der Waals surface area (Å²) in [6, 6.07) is 4.03. The van der Waals surface area contributed by atoms with Gasteiger partial charge >= 0.3 is 0 Å². The van der Waals surface area contributed by atoms with E-state index < -0.39 is 5.60 Å². The summed E-state index contributed by atoms with van der Waals surface area (Å²) in [7, 11) is 0. The maximum absolute atomic E-state index is 12.4. The average molecular weight is 307 g/mol. The first-order valence-electron chi connectivity index (χ1n) is 8.17. The molecule has 1 aromatic heterocycles. The number of rotatable bonds is 4. The van der Waals surface area contributed by atoms with Gasteiger partial charge in [0.1, 0.15) is 0 Å². The number of aliphatic hydroxyl groups is 1. The molecule has 2 atom stereocenters. The molecule has 0 amide bonds. The van der Waals surface area contributed by atoms with Crippen molar-refractivity contribution in [1.29, 1.82) is 0 Å². The molecule has 116 valence electrons. The van der Waals surface area contributed by atoms with Gasteiger partial charge < -0.3 is 5.11 Å². The highest BCUT2D eigenvalue weighted by Crippen LogP contribution is 2.39. The Labute approximate surface area is 131 Å². The van der Waals surface area contributed by atoms with Gasteiger partial charge in [-0.1, -0.05) is 19.8 Å². The third kappa shape index (κ3) is 3.22. The van der Waals surface area contributed by atoms with Crippen molar-refractivity contribution in [2.24, 2.45) is 5.92 Å². The Balaban J connectivity index is 1.60. The lowest BCUT2D eigenvalue weighted by atomic mass is 9.71. The summed E-state index contributed by atoms with van der Waals surface area (Å²) in [4.78, 5) is 16.8. The molecule has 1 aromatic rings. The number of ketones is 1. The lowest BCUT2D eigenvalue weighted by molar-refractivity contribution is -0.0936. The number of aryl methyl sites for hydroxylation is 1. The number of piperidine rings is 1. The van der Waals surface area contributed by atoms with Crippen LogP contribution >= 0.6 is 11.3 Å². The van der Waals surface area contributed by atoms with Crippen LogP contribution in [0.3, 0.4) is 0 Å². The molecular weight excluding hydrogens is 282 g/mol. The van der Waals surface area contributed by atoms with E-state index in [9.17, 15) is 9.90 Å². The largest absolute Gasteiger partial charge is 0.390 e. The molecule has 3 nitrogen and oxygen atoms in total. The standard InChI is InChI=1S/C17H25NO2S/c1-2-14-6-7-16(21-14)15(19)12-18-10-9-17(20)8-4-3-5-13(17)11-18/h6-7,13,20H,2-5,8-12H2,1H3. The van der Waals surface area contributed by atoms with Gasteiger partial charge in [-0.3, -0.25) is 9.69 Å². The molecule has 2 aliphatic rings. The van der Waals surface area contributed by atoms with Crippen LogP contribution in [-0.4, -0.2) is 41.0 Å². The molecule has 2 heterocycles. The molecule has 4 heteroatoms. The quantitative estimate of drug-likeness (QED) is 0.869. The van der Waals surface area contributed by atoms with Crippen molar-refractivity contribution in [3.8, 4) is 0 Å². The normalized spacial score (nSPS) is 30.1. The molecule has 3 rings (SSSR count). The Kier molecular flexibility index (Phi) is 4.48. The molecule has 1 saturated carbocycles. The Morgan fingerprint density at radius 2 is 2.29 bits per heavy atom. The summed E-state index contributed by atoms with van der Waals surface area (Å²) in [6.45, 7) is 4.36. The lowest BCUT2D eigenvalue weighted by Gasteiger charge is -2.47. The van der Waals surface area contributed by atoms with E-state index in [-0.39, 0.29) is 5.78 Å². The summed E-state index contributed by atoms with van der Waals surface area (Å²) in [5.41, 5.74) is -0.448. The molecule has 0 radical (unpaired) electrons. The van der Waals surface area contributed by atoms with Crippen molar-refractivity contribution >= 4 is 17.1 Å². The van der Waals surface area contributed by atoms with Gasteiger partial charge in [0.25, 0.3) is 0 Å². The number of carbonyl (C=O) groups is 1. The fourth-order valence-electron chi connectivity index (χ4n) is 3.78. The van der Waals surface area contributed by atoms with Gasteiger partial charge in [-0.15, -0.1) is 11.3 Å². The first-order valence-corrected chi connectivity index (χ1v) is 8.99. The van der Waals surface area contributed by atoms with Crippen molar-refractivity contribution < 1.29 is 9.90 Å². The second kappa shape index (κ2) is 6.19. The van der Waals surface area contributed by atoms with E-state index in [1.165, 1.54) is 11.3 Å². The number of fused-ring (bicyclic) bond motifs is 1. The number of Topliss-reactive ketones (excluding diaryl/α,β-unsaturated/α-hetero) is 1. The molecule has 1 saturated heterocycles. The average Bonchev–Trinajstić information content (AvgIpc) is 2.96. The van der Waals surface area contributed by atoms with Crippen molar-refractivity contribution in [2.45, 2.75) is 51.0 Å². The Morgan fingerprint density at radius 3 is 3.05 bits per heavy atom. The van der Waals surface area contributed by atoms with Crippen LogP contribution in [0, 0.1) is 5.92 Å². The van der Waals surface area contributed by atoms with E-state index >= 15 is 0 Å². The van der Waals surface area contributed by atoms with E-state index in [1.807, 2.05) is 6.07 Å². The molecule has 2 unspecified atom stereocenters. The number of carbonyl (C=O) groups excluding carboxylic acids is 1. The zero-order valence-corrected chi connectivity index (χ0v) is 13.6. The maximum atomic E-state index is 12.4. The predicted molar refractivity (Wildman–Crippen MR) is 86.0 cm³/mol. The number of hydrogen-bond donors (Lipinski definition) is 1. The highest BCUT2D eigenvalue weighted by Gasteiger charge is 2.42. The minimum Gasteiger partial charge on any atom is -0.390 e. The third-order valence-electron chi connectivity index (χ3n) is 5.16. The summed E-state index contributed by atoms with van der Waals surface area (Å²) in [5.74, 6) is 0.600. The lowest BCUT2D eigenvalue weighted by Crippen LogP contribution is -2.54. The van der Waals surface area contributed by atoms with Gasteiger partial charge in [0.05, 0.1) is 17.0 Å². The first-order chi connectivity index (χ1) is 10.1. The van der Waals surface area contributed by atoms with Crippen molar-refractivity contribution in [3.05, 3.63) is 21.9 Å². The molecule has 1 aliphatic heterocycles. The SMILES string of the molecule is CCc1ccc(C(=O)CN2CCC3(O)CCCCC3C2)s1. The van der Waals surface area contributed by atoms with Crippen molar-refractivity contribution in [1.82, 2.24) is 4.90 Å². The van der Waals surface area contributed by atoms with Crippen LogP contribution in [0.5, 0.6) is 0 Å². The van der Waals surface area contributed by atoms with Gasteiger partial charge in [0.15, 0.2) is 5.78 Å². The summed E-state index contributed by atoms with van der Waals surface area (Å²) in [6.07, 6.45) is 6.26. The number of likely N-dealkylation sites (tertiary alicyclic amines) is 1. The molecule has 21 heavy (non-hydrogen) atoms. The zero-order valence-electron chi connectivity index (χ0n) is 12.8. The van der Waals surface area contributed by atoms with Gasteiger partial charge in [-0.2, -0.15) is 0 Å². The fraction of sp³-hybridized carbons (Fsp3) is 0.706. The monoisotopic (exact) mass is 307 g/mol.